The number of aliphatic carboxylic acids is 1. The highest BCUT2D eigenvalue weighted by Crippen LogP contribution is 2.27. The van der Waals surface area contributed by atoms with Gasteiger partial charge in [0.25, 0.3) is 0 Å². The minimum atomic E-state index is -4.88. The number of carbonyl (C=O) groups is 2. The Bertz CT molecular complexity index is 303. The van der Waals surface area contributed by atoms with Crippen LogP contribution in [0, 0.1) is 5.92 Å². The second-order valence-electron chi connectivity index (χ2n) is 3.90. The first-order valence-corrected chi connectivity index (χ1v) is 4.84. The molecule has 0 aromatic carbocycles. The van der Waals surface area contributed by atoms with Gasteiger partial charge in [0.15, 0.2) is 0 Å². The maximum Gasteiger partial charge on any atom is 0.471 e. The van der Waals surface area contributed by atoms with Crippen LogP contribution in [-0.4, -0.2) is 40.6 Å². The second-order valence-corrected chi connectivity index (χ2v) is 3.90. The van der Waals surface area contributed by atoms with Gasteiger partial charge in [0, 0.05) is 12.6 Å². The molecule has 7 heteroatoms. The van der Waals surface area contributed by atoms with Crippen LogP contribution in [0.15, 0.2) is 0 Å². The minimum absolute atomic E-state index is 0.0666. The number of piperidine rings is 1. The van der Waals surface area contributed by atoms with E-state index in [2.05, 4.69) is 0 Å². The molecule has 2 atom stereocenters. The van der Waals surface area contributed by atoms with Gasteiger partial charge in [-0.15, -0.1) is 0 Å². The number of carbonyl (C=O) groups excluding carboxylic acids is 1. The molecule has 1 rings (SSSR count). The Morgan fingerprint density at radius 1 is 1.38 bits per heavy atom. The van der Waals surface area contributed by atoms with Crippen molar-refractivity contribution < 1.29 is 27.9 Å². The second kappa shape index (κ2) is 4.31. The van der Waals surface area contributed by atoms with E-state index >= 15 is 0 Å². The molecule has 4 nitrogen and oxygen atoms in total. The summed E-state index contributed by atoms with van der Waals surface area (Å²) in [5.41, 5.74) is 0. The van der Waals surface area contributed by atoms with Crippen LogP contribution >= 0.6 is 0 Å². The first-order chi connectivity index (χ1) is 7.23. The largest absolute Gasteiger partial charge is 0.481 e. The molecule has 1 fully saturated rings. The molecule has 1 aliphatic rings. The number of alkyl halides is 3. The molecule has 16 heavy (non-hydrogen) atoms. The molecule has 0 bridgehead atoms. The number of nitrogens with zero attached hydrogens (tertiary/aromatic N) is 1. The van der Waals surface area contributed by atoms with Crippen LogP contribution in [0.3, 0.4) is 0 Å². The van der Waals surface area contributed by atoms with Gasteiger partial charge >= 0.3 is 18.1 Å². The Labute approximate surface area is 90.0 Å². The SMILES string of the molecule is C[C@@H]1C[C@H](C(=O)O)CCN1C(=O)C(F)(F)F. The molecule has 0 spiro atoms. The lowest BCUT2D eigenvalue weighted by molar-refractivity contribution is -0.189. The van der Waals surface area contributed by atoms with Crippen LogP contribution in [0.25, 0.3) is 0 Å². The minimum Gasteiger partial charge on any atom is -0.481 e. The molecule has 92 valence electrons. The molecule has 0 aromatic rings. The van der Waals surface area contributed by atoms with E-state index < -0.39 is 30.0 Å². The molecule has 1 saturated heterocycles. The molecule has 0 radical (unpaired) electrons. The van der Waals surface area contributed by atoms with Gasteiger partial charge in [-0.1, -0.05) is 0 Å². The van der Waals surface area contributed by atoms with Crippen LogP contribution in [0.5, 0.6) is 0 Å². The first-order valence-electron chi connectivity index (χ1n) is 4.84. The number of carboxylic acid groups (broad SMARTS) is 1. The zero-order valence-corrected chi connectivity index (χ0v) is 8.62. The quantitative estimate of drug-likeness (QED) is 0.749. The zero-order chi connectivity index (χ0) is 12.5. The highest BCUT2D eigenvalue weighted by atomic mass is 19.4. The molecular formula is C9H12F3NO3. The van der Waals surface area contributed by atoms with E-state index in [1.807, 2.05) is 0 Å². The summed E-state index contributed by atoms with van der Waals surface area (Å²) in [5.74, 6) is -3.57. The third-order valence-corrected chi connectivity index (χ3v) is 2.73. The van der Waals surface area contributed by atoms with Crippen molar-refractivity contribution in [2.45, 2.75) is 32.0 Å². The fourth-order valence-corrected chi connectivity index (χ4v) is 1.86. The summed E-state index contributed by atoms with van der Waals surface area (Å²) in [5, 5.41) is 8.72. The molecule has 1 N–H and O–H groups in total. The smallest absolute Gasteiger partial charge is 0.471 e. The monoisotopic (exact) mass is 239 g/mol. The van der Waals surface area contributed by atoms with Gasteiger partial charge in [-0.3, -0.25) is 9.59 Å². The molecule has 0 aromatic heterocycles. The van der Waals surface area contributed by atoms with E-state index in [-0.39, 0.29) is 19.4 Å². The lowest BCUT2D eigenvalue weighted by Crippen LogP contribution is -2.50. The zero-order valence-electron chi connectivity index (χ0n) is 8.62. The van der Waals surface area contributed by atoms with Crippen molar-refractivity contribution in [3.8, 4) is 0 Å². The Morgan fingerprint density at radius 3 is 2.31 bits per heavy atom. The highest BCUT2D eigenvalue weighted by Gasteiger charge is 2.45. The fourth-order valence-electron chi connectivity index (χ4n) is 1.86. The molecule has 1 amide bonds. The fraction of sp³-hybridized carbons (Fsp3) is 0.778. The van der Waals surface area contributed by atoms with Crippen molar-refractivity contribution in [1.29, 1.82) is 0 Å². The third-order valence-electron chi connectivity index (χ3n) is 2.73. The number of hydrogen-bond donors (Lipinski definition) is 1. The van der Waals surface area contributed by atoms with Crippen LogP contribution in [0.4, 0.5) is 13.2 Å². The van der Waals surface area contributed by atoms with E-state index in [0.717, 1.165) is 0 Å². The van der Waals surface area contributed by atoms with E-state index in [9.17, 15) is 22.8 Å². The van der Waals surface area contributed by atoms with E-state index in [4.69, 9.17) is 5.11 Å². The van der Waals surface area contributed by atoms with Gasteiger partial charge in [-0.2, -0.15) is 13.2 Å². The average molecular weight is 239 g/mol. The van der Waals surface area contributed by atoms with Crippen LogP contribution < -0.4 is 0 Å². The summed E-state index contributed by atoms with van der Waals surface area (Å²) in [6.07, 6.45) is -4.75. The maximum atomic E-state index is 12.2. The topological polar surface area (TPSA) is 57.6 Å². The summed E-state index contributed by atoms with van der Waals surface area (Å²) in [7, 11) is 0. The summed E-state index contributed by atoms with van der Waals surface area (Å²) in [4.78, 5) is 22.3. The molecule has 1 heterocycles. The van der Waals surface area contributed by atoms with Gasteiger partial charge in [-0.25, -0.2) is 0 Å². The molecule has 0 aliphatic carbocycles. The van der Waals surface area contributed by atoms with Crippen LogP contribution in [-0.2, 0) is 9.59 Å². The molecule has 0 saturated carbocycles. The molecule has 0 unspecified atom stereocenters. The average Bonchev–Trinajstić information content (AvgIpc) is 2.15. The Morgan fingerprint density at radius 2 is 1.94 bits per heavy atom. The number of hydrogen-bond acceptors (Lipinski definition) is 2. The summed E-state index contributed by atoms with van der Waals surface area (Å²) >= 11 is 0. The van der Waals surface area contributed by atoms with Gasteiger partial charge in [0.2, 0.25) is 0 Å². The predicted octanol–water partition coefficient (Wildman–Crippen LogP) is 1.26. The van der Waals surface area contributed by atoms with Crippen molar-refractivity contribution in [2.75, 3.05) is 6.54 Å². The highest BCUT2D eigenvalue weighted by molar-refractivity contribution is 5.82. The van der Waals surface area contributed by atoms with Gasteiger partial charge < -0.3 is 10.0 Å². The number of rotatable bonds is 1. The lowest BCUT2D eigenvalue weighted by Gasteiger charge is -2.36. The molecule has 1 aliphatic heterocycles. The molecular weight excluding hydrogens is 227 g/mol. The number of amides is 1. The Balaban J connectivity index is 2.68. The van der Waals surface area contributed by atoms with Gasteiger partial charge in [-0.05, 0) is 19.8 Å². The van der Waals surface area contributed by atoms with Crippen molar-refractivity contribution >= 4 is 11.9 Å². The normalized spacial score (nSPS) is 26.6. The Kier molecular flexibility index (Phi) is 3.44. The Hall–Kier alpha value is -1.27. The number of likely N-dealkylation sites (tertiary alicyclic amines) is 1. The summed E-state index contributed by atoms with van der Waals surface area (Å²) in [6, 6.07) is -0.691. The van der Waals surface area contributed by atoms with Crippen molar-refractivity contribution in [1.82, 2.24) is 4.90 Å². The van der Waals surface area contributed by atoms with E-state index in [1.165, 1.54) is 6.92 Å². The van der Waals surface area contributed by atoms with Crippen molar-refractivity contribution in [2.24, 2.45) is 5.92 Å². The van der Waals surface area contributed by atoms with Crippen molar-refractivity contribution in [3.63, 3.8) is 0 Å². The van der Waals surface area contributed by atoms with E-state index in [1.54, 1.807) is 0 Å². The third kappa shape index (κ3) is 2.65. The van der Waals surface area contributed by atoms with E-state index in [0.29, 0.717) is 4.90 Å². The first kappa shape index (κ1) is 12.8. The van der Waals surface area contributed by atoms with Crippen LogP contribution in [0.1, 0.15) is 19.8 Å². The number of halogens is 3. The van der Waals surface area contributed by atoms with Gasteiger partial charge in [0.1, 0.15) is 0 Å². The van der Waals surface area contributed by atoms with Gasteiger partial charge in [0.05, 0.1) is 5.92 Å². The summed E-state index contributed by atoms with van der Waals surface area (Å²) < 4.78 is 36.5. The van der Waals surface area contributed by atoms with Crippen molar-refractivity contribution in [3.05, 3.63) is 0 Å². The standard InChI is InChI=1S/C9H12F3NO3/c1-5-4-6(7(14)15)2-3-13(5)8(16)9(10,11)12/h5-6H,2-4H2,1H3,(H,14,15)/t5-,6-/m1/s1. The lowest BCUT2D eigenvalue weighted by atomic mass is 9.91. The van der Waals surface area contributed by atoms with Crippen LogP contribution in [0.2, 0.25) is 0 Å². The number of carboxylic acids is 1. The maximum absolute atomic E-state index is 12.2. The predicted molar refractivity (Wildman–Crippen MR) is 47.6 cm³/mol. The summed E-state index contributed by atoms with van der Waals surface area (Å²) in [6.45, 7) is 1.27.